The molecule has 0 atom stereocenters. The predicted molar refractivity (Wildman–Crippen MR) is 78.2 cm³/mol. The van der Waals surface area contributed by atoms with Crippen LogP contribution in [0.15, 0.2) is 30.3 Å². The Bertz CT molecular complexity index is 479. The van der Waals surface area contributed by atoms with Gasteiger partial charge in [-0.2, -0.15) is 0 Å². The summed E-state index contributed by atoms with van der Waals surface area (Å²) in [4.78, 5) is 5.80. The van der Waals surface area contributed by atoms with Gasteiger partial charge in [0.1, 0.15) is 0 Å². The molecule has 18 heavy (non-hydrogen) atoms. The van der Waals surface area contributed by atoms with Crippen LogP contribution in [0.3, 0.4) is 0 Å². The van der Waals surface area contributed by atoms with Crippen LogP contribution in [0.25, 0.3) is 0 Å². The third kappa shape index (κ3) is 3.55. The van der Waals surface area contributed by atoms with Crippen LogP contribution < -0.4 is 11.1 Å². The summed E-state index contributed by atoms with van der Waals surface area (Å²) in [5, 5.41) is 4.39. The van der Waals surface area contributed by atoms with Gasteiger partial charge in [0.15, 0.2) is 5.13 Å². The van der Waals surface area contributed by atoms with Crippen molar-refractivity contribution < 1.29 is 0 Å². The van der Waals surface area contributed by atoms with Gasteiger partial charge in [-0.05, 0) is 31.9 Å². The maximum atomic E-state index is 5.57. The van der Waals surface area contributed by atoms with E-state index < -0.39 is 0 Å². The van der Waals surface area contributed by atoms with Crippen LogP contribution in [0.1, 0.15) is 16.1 Å². The molecule has 0 bridgehead atoms. The summed E-state index contributed by atoms with van der Waals surface area (Å²) < 4.78 is 0. The van der Waals surface area contributed by atoms with Gasteiger partial charge < -0.3 is 11.1 Å². The lowest BCUT2D eigenvalue weighted by Gasteiger charge is -2.02. The number of hydrogen-bond donors (Lipinski definition) is 2. The van der Waals surface area contributed by atoms with Crippen molar-refractivity contribution in [3.8, 4) is 0 Å². The summed E-state index contributed by atoms with van der Waals surface area (Å²) in [6.07, 6.45) is 1.94. The van der Waals surface area contributed by atoms with Crippen molar-refractivity contribution in [2.24, 2.45) is 5.73 Å². The van der Waals surface area contributed by atoms with Crippen molar-refractivity contribution in [3.63, 3.8) is 0 Å². The number of benzene rings is 1. The Balaban J connectivity index is 1.85. The minimum absolute atomic E-state index is 0.687. The van der Waals surface area contributed by atoms with Crippen LogP contribution in [0.2, 0.25) is 0 Å². The number of aryl methyl sites for hydroxylation is 1. The molecule has 1 heterocycles. The molecule has 2 rings (SSSR count). The van der Waals surface area contributed by atoms with Gasteiger partial charge in [-0.1, -0.05) is 30.3 Å². The molecule has 0 radical (unpaired) electrons. The Labute approximate surface area is 112 Å². The molecule has 0 saturated heterocycles. The van der Waals surface area contributed by atoms with Crippen LogP contribution in [0.4, 0.5) is 5.13 Å². The quantitative estimate of drug-likeness (QED) is 0.840. The summed E-state index contributed by atoms with van der Waals surface area (Å²) >= 11 is 1.72. The number of anilines is 1. The molecule has 1 aromatic carbocycles. The fourth-order valence-corrected chi connectivity index (χ4v) is 2.83. The number of nitrogens with zero attached hydrogens (tertiary/aromatic N) is 1. The molecule has 1 aromatic heterocycles. The molecule has 0 fully saturated rings. The standard InChI is InChI=1S/C14H19N3S/c1-11-13(7-9-15)18-14(17-11)16-10-8-12-5-3-2-4-6-12/h2-6H,7-10,15H2,1H3,(H,16,17). The maximum Gasteiger partial charge on any atom is 0.183 e. The van der Waals surface area contributed by atoms with Crippen LogP contribution in [-0.2, 0) is 12.8 Å². The van der Waals surface area contributed by atoms with Gasteiger partial charge >= 0.3 is 0 Å². The molecule has 0 aliphatic carbocycles. The molecule has 3 nitrogen and oxygen atoms in total. The molecule has 0 saturated carbocycles. The molecule has 3 N–H and O–H groups in total. The number of nitrogens with two attached hydrogens (primary N) is 1. The molecule has 0 unspecified atom stereocenters. The highest BCUT2D eigenvalue weighted by Crippen LogP contribution is 2.22. The average Bonchev–Trinajstić information content (AvgIpc) is 2.72. The zero-order valence-electron chi connectivity index (χ0n) is 10.6. The number of rotatable bonds is 6. The van der Waals surface area contributed by atoms with E-state index in [0.717, 1.165) is 30.2 Å². The van der Waals surface area contributed by atoms with Crippen molar-refractivity contribution in [2.45, 2.75) is 19.8 Å². The second-order valence-electron chi connectivity index (χ2n) is 4.23. The van der Waals surface area contributed by atoms with E-state index in [1.807, 2.05) is 13.0 Å². The first-order chi connectivity index (χ1) is 8.79. The van der Waals surface area contributed by atoms with E-state index in [0.29, 0.717) is 6.54 Å². The van der Waals surface area contributed by atoms with Gasteiger partial charge in [0, 0.05) is 11.4 Å². The number of hydrogen-bond acceptors (Lipinski definition) is 4. The minimum Gasteiger partial charge on any atom is -0.361 e. The first-order valence-electron chi connectivity index (χ1n) is 6.24. The maximum absolute atomic E-state index is 5.57. The summed E-state index contributed by atoms with van der Waals surface area (Å²) in [7, 11) is 0. The lowest BCUT2D eigenvalue weighted by atomic mass is 10.2. The van der Waals surface area contributed by atoms with Crippen molar-refractivity contribution in [1.29, 1.82) is 0 Å². The van der Waals surface area contributed by atoms with Crippen molar-refractivity contribution in [2.75, 3.05) is 18.4 Å². The fourth-order valence-electron chi connectivity index (χ4n) is 1.83. The molecular weight excluding hydrogens is 242 g/mol. The second-order valence-corrected chi connectivity index (χ2v) is 5.31. The lowest BCUT2D eigenvalue weighted by molar-refractivity contribution is 0.968. The van der Waals surface area contributed by atoms with E-state index in [1.54, 1.807) is 11.3 Å². The molecule has 96 valence electrons. The van der Waals surface area contributed by atoms with E-state index >= 15 is 0 Å². The average molecular weight is 261 g/mol. The summed E-state index contributed by atoms with van der Waals surface area (Å²) in [6, 6.07) is 10.5. The zero-order chi connectivity index (χ0) is 12.8. The van der Waals surface area contributed by atoms with Crippen LogP contribution >= 0.6 is 11.3 Å². The number of aromatic nitrogens is 1. The van der Waals surface area contributed by atoms with Gasteiger partial charge in [0.25, 0.3) is 0 Å². The fraction of sp³-hybridized carbons (Fsp3) is 0.357. The second kappa shape index (κ2) is 6.52. The smallest absolute Gasteiger partial charge is 0.183 e. The highest BCUT2D eigenvalue weighted by atomic mass is 32.1. The van der Waals surface area contributed by atoms with E-state index in [4.69, 9.17) is 5.73 Å². The molecule has 0 aliphatic heterocycles. The van der Waals surface area contributed by atoms with E-state index in [-0.39, 0.29) is 0 Å². The van der Waals surface area contributed by atoms with Crippen LogP contribution in [0, 0.1) is 6.92 Å². The van der Waals surface area contributed by atoms with Crippen LogP contribution in [0.5, 0.6) is 0 Å². The van der Waals surface area contributed by atoms with Crippen molar-refractivity contribution >= 4 is 16.5 Å². The normalized spacial score (nSPS) is 10.6. The highest BCUT2D eigenvalue weighted by Gasteiger charge is 2.05. The van der Waals surface area contributed by atoms with Crippen molar-refractivity contribution in [3.05, 3.63) is 46.5 Å². The first-order valence-corrected chi connectivity index (χ1v) is 7.05. The Kier molecular flexibility index (Phi) is 4.73. The zero-order valence-corrected chi connectivity index (χ0v) is 11.5. The van der Waals surface area contributed by atoms with Gasteiger partial charge in [0.2, 0.25) is 0 Å². The summed E-state index contributed by atoms with van der Waals surface area (Å²) in [6.45, 7) is 3.65. The van der Waals surface area contributed by atoms with E-state index in [9.17, 15) is 0 Å². The summed E-state index contributed by atoms with van der Waals surface area (Å²) in [5.74, 6) is 0. The third-order valence-electron chi connectivity index (χ3n) is 2.80. The van der Waals surface area contributed by atoms with Crippen molar-refractivity contribution in [1.82, 2.24) is 4.98 Å². The number of thiazole rings is 1. The molecule has 0 amide bonds. The Morgan fingerprint density at radius 3 is 2.72 bits per heavy atom. The highest BCUT2D eigenvalue weighted by molar-refractivity contribution is 7.15. The Morgan fingerprint density at radius 2 is 2.00 bits per heavy atom. The Morgan fingerprint density at radius 1 is 1.22 bits per heavy atom. The number of nitrogens with one attached hydrogen (secondary N) is 1. The third-order valence-corrected chi connectivity index (χ3v) is 3.97. The monoisotopic (exact) mass is 261 g/mol. The van der Waals surface area contributed by atoms with Gasteiger partial charge in [-0.3, -0.25) is 0 Å². The first kappa shape index (κ1) is 13.1. The van der Waals surface area contributed by atoms with Gasteiger partial charge in [-0.15, -0.1) is 11.3 Å². The molecule has 0 aliphatic rings. The topological polar surface area (TPSA) is 50.9 Å². The van der Waals surface area contributed by atoms with Crippen LogP contribution in [-0.4, -0.2) is 18.1 Å². The Hall–Kier alpha value is -1.39. The van der Waals surface area contributed by atoms with E-state index in [2.05, 4.69) is 34.6 Å². The van der Waals surface area contributed by atoms with E-state index in [1.165, 1.54) is 10.4 Å². The van der Waals surface area contributed by atoms with Gasteiger partial charge in [0.05, 0.1) is 5.69 Å². The molecule has 4 heteroatoms. The summed E-state index contributed by atoms with van der Waals surface area (Å²) in [5.41, 5.74) is 8.03. The minimum atomic E-state index is 0.687. The predicted octanol–water partition coefficient (Wildman–Crippen LogP) is 2.61. The van der Waals surface area contributed by atoms with Gasteiger partial charge in [-0.25, -0.2) is 4.98 Å². The molecular formula is C14H19N3S. The molecule has 2 aromatic rings. The molecule has 0 spiro atoms. The lowest BCUT2D eigenvalue weighted by Crippen LogP contribution is -2.04. The largest absolute Gasteiger partial charge is 0.361 e. The SMILES string of the molecule is Cc1nc(NCCc2ccccc2)sc1CCN.